The summed E-state index contributed by atoms with van der Waals surface area (Å²) < 4.78 is 33.0. The summed E-state index contributed by atoms with van der Waals surface area (Å²) in [5, 5.41) is 12.6. The number of rotatable bonds is 5. The summed E-state index contributed by atoms with van der Waals surface area (Å²) in [7, 11) is -3.83. The lowest BCUT2D eigenvalue weighted by Crippen LogP contribution is -2.33. The Balaban J connectivity index is 1.84. The van der Waals surface area contributed by atoms with Gasteiger partial charge in [-0.2, -0.15) is 0 Å². The van der Waals surface area contributed by atoms with Crippen LogP contribution < -0.4 is 10.0 Å². The molecule has 1 aromatic rings. The quantitative estimate of drug-likeness (QED) is 0.717. The molecule has 2 aliphatic rings. The van der Waals surface area contributed by atoms with E-state index in [1.807, 2.05) is 0 Å². The van der Waals surface area contributed by atoms with Crippen molar-refractivity contribution in [1.29, 1.82) is 0 Å². The van der Waals surface area contributed by atoms with Crippen molar-refractivity contribution in [2.45, 2.75) is 30.0 Å². The van der Waals surface area contributed by atoms with E-state index in [4.69, 9.17) is 4.74 Å². The van der Waals surface area contributed by atoms with Crippen LogP contribution in [-0.4, -0.2) is 45.8 Å². The molecule has 0 saturated carbocycles. The van der Waals surface area contributed by atoms with Gasteiger partial charge >= 0.3 is 5.97 Å². The third-order valence-corrected chi connectivity index (χ3v) is 7.34. The molecule has 1 aromatic heterocycles. The van der Waals surface area contributed by atoms with E-state index in [1.165, 1.54) is 0 Å². The highest BCUT2D eigenvalue weighted by Gasteiger charge is 2.32. The van der Waals surface area contributed by atoms with Gasteiger partial charge in [-0.25, -0.2) is 17.9 Å². The number of hydrogen-bond donors (Lipinski definition) is 3. The number of sulfonamides is 1. The number of carbonyl (C=O) groups is 1. The highest BCUT2D eigenvalue weighted by molar-refractivity contribution is 7.91. The summed E-state index contributed by atoms with van der Waals surface area (Å²) >= 11 is 1.06. The summed E-state index contributed by atoms with van der Waals surface area (Å²) in [6.07, 6.45) is 2.38. The second-order valence-corrected chi connectivity index (χ2v) is 8.90. The number of carboxylic acid groups (broad SMARTS) is 1. The predicted octanol–water partition coefficient (Wildman–Crippen LogP) is 0.797. The van der Waals surface area contributed by atoms with Gasteiger partial charge in [0.15, 0.2) is 0 Å². The molecule has 9 heteroatoms. The van der Waals surface area contributed by atoms with Gasteiger partial charge < -0.3 is 15.2 Å². The van der Waals surface area contributed by atoms with Gasteiger partial charge in [-0.05, 0) is 37.3 Å². The maximum Gasteiger partial charge on any atom is 0.338 e. The van der Waals surface area contributed by atoms with Gasteiger partial charge in [0, 0.05) is 24.6 Å². The van der Waals surface area contributed by atoms with Gasteiger partial charge in [-0.1, -0.05) is 0 Å². The summed E-state index contributed by atoms with van der Waals surface area (Å²) in [5.41, 5.74) is 0.599. The van der Waals surface area contributed by atoms with Crippen LogP contribution in [0.2, 0.25) is 0 Å². The fraction of sp³-hybridized carbons (Fsp3) is 0.643. The highest BCUT2D eigenvalue weighted by Crippen LogP contribution is 2.34. The van der Waals surface area contributed by atoms with E-state index in [0.717, 1.165) is 35.7 Å². The van der Waals surface area contributed by atoms with Crippen molar-refractivity contribution in [2.75, 3.05) is 26.3 Å². The molecule has 128 valence electrons. The van der Waals surface area contributed by atoms with Gasteiger partial charge in [0.1, 0.15) is 4.21 Å². The molecule has 0 spiro atoms. The molecule has 2 aliphatic heterocycles. The van der Waals surface area contributed by atoms with Crippen LogP contribution in [0.1, 0.15) is 33.6 Å². The predicted molar refractivity (Wildman–Crippen MR) is 85.4 cm³/mol. The summed E-state index contributed by atoms with van der Waals surface area (Å²) in [6, 6.07) is 0. The number of carboxylic acids is 1. The van der Waals surface area contributed by atoms with Crippen LogP contribution in [0.15, 0.2) is 4.21 Å². The molecule has 3 heterocycles. The number of ether oxygens (including phenoxy) is 1. The Kier molecular flexibility index (Phi) is 5.02. The van der Waals surface area contributed by atoms with E-state index in [2.05, 4.69) is 10.0 Å². The molecule has 0 aromatic carbocycles. The molecule has 1 atom stereocenters. The molecule has 1 fully saturated rings. The fourth-order valence-electron chi connectivity index (χ4n) is 2.98. The molecule has 0 radical (unpaired) electrons. The van der Waals surface area contributed by atoms with Crippen LogP contribution >= 0.6 is 11.3 Å². The van der Waals surface area contributed by atoms with E-state index in [0.29, 0.717) is 31.7 Å². The molecule has 0 amide bonds. The maximum absolute atomic E-state index is 12.6. The fourth-order valence-corrected chi connectivity index (χ4v) is 6.00. The Bertz CT molecular complexity index is 692. The minimum Gasteiger partial charge on any atom is -0.478 e. The Morgan fingerprint density at radius 3 is 3.00 bits per heavy atom. The molecule has 1 saturated heterocycles. The van der Waals surface area contributed by atoms with Crippen molar-refractivity contribution < 1.29 is 23.1 Å². The second-order valence-electron chi connectivity index (χ2n) is 5.83. The van der Waals surface area contributed by atoms with Crippen LogP contribution in [0.25, 0.3) is 0 Å². The Hall–Kier alpha value is -1.00. The molecule has 23 heavy (non-hydrogen) atoms. The zero-order valence-corrected chi connectivity index (χ0v) is 14.3. The molecule has 7 nitrogen and oxygen atoms in total. The van der Waals surface area contributed by atoms with Crippen molar-refractivity contribution in [3.05, 3.63) is 16.0 Å². The van der Waals surface area contributed by atoms with Crippen LogP contribution in [-0.2, 0) is 27.7 Å². The average molecular weight is 360 g/mol. The van der Waals surface area contributed by atoms with Gasteiger partial charge in [-0.3, -0.25) is 0 Å². The van der Waals surface area contributed by atoms with E-state index >= 15 is 0 Å². The summed E-state index contributed by atoms with van der Waals surface area (Å²) in [4.78, 5) is 12.4. The number of fused-ring (bicyclic) bond motifs is 1. The zero-order valence-electron chi connectivity index (χ0n) is 12.6. The number of hydrogen-bond acceptors (Lipinski definition) is 6. The number of aromatic carboxylic acids is 1. The van der Waals surface area contributed by atoms with Gasteiger partial charge in [0.25, 0.3) is 10.0 Å². The smallest absolute Gasteiger partial charge is 0.338 e. The lowest BCUT2D eigenvalue weighted by molar-refractivity contribution is 0.0567. The first-order valence-electron chi connectivity index (χ1n) is 7.65. The highest BCUT2D eigenvalue weighted by atomic mass is 32.2. The van der Waals surface area contributed by atoms with Gasteiger partial charge in [-0.15, -0.1) is 11.3 Å². The first kappa shape index (κ1) is 16.8. The van der Waals surface area contributed by atoms with Crippen molar-refractivity contribution in [3.8, 4) is 0 Å². The van der Waals surface area contributed by atoms with Crippen molar-refractivity contribution >= 4 is 27.3 Å². The second kappa shape index (κ2) is 6.86. The first-order valence-corrected chi connectivity index (χ1v) is 9.95. The number of thiophene rings is 1. The molecular weight excluding hydrogens is 340 g/mol. The summed E-state index contributed by atoms with van der Waals surface area (Å²) in [5.74, 6) is -1.03. The van der Waals surface area contributed by atoms with Crippen molar-refractivity contribution in [3.63, 3.8) is 0 Å². The Labute approximate surface area is 139 Å². The lowest BCUT2D eigenvalue weighted by Gasteiger charge is -2.22. The van der Waals surface area contributed by atoms with Crippen molar-refractivity contribution in [1.82, 2.24) is 10.0 Å². The first-order chi connectivity index (χ1) is 11.0. The third-order valence-electron chi connectivity index (χ3n) is 4.17. The molecular formula is C14H20N2O5S2. The van der Waals surface area contributed by atoms with Gasteiger partial charge in [0.2, 0.25) is 0 Å². The average Bonchev–Trinajstić information content (AvgIpc) is 2.95. The zero-order chi connectivity index (χ0) is 16.4. The molecule has 3 N–H and O–H groups in total. The normalized spacial score (nSPS) is 21.8. The largest absolute Gasteiger partial charge is 0.478 e. The van der Waals surface area contributed by atoms with E-state index in [1.54, 1.807) is 0 Å². The lowest BCUT2D eigenvalue weighted by atomic mass is 10.0. The third kappa shape index (κ3) is 3.58. The monoisotopic (exact) mass is 360 g/mol. The minimum absolute atomic E-state index is 0.0566. The number of nitrogens with one attached hydrogen (secondary N) is 2. The van der Waals surface area contributed by atoms with Crippen LogP contribution in [0, 0.1) is 5.92 Å². The van der Waals surface area contributed by atoms with Crippen molar-refractivity contribution in [2.24, 2.45) is 5.92 Å². The van der Waals surface area contributed by atoms with Crippen LogP contribution in [0.3, 0.4) is 0 Å². The van der Waals surface area contributed by atoms with E-state index in [-0.39, 0.29) is 22.2 Å². The molecule has 0 bridgehead atoms. The Morgan fingerprint density at radius 1 is 1.48 bits per heavy atom. The van der Waals surface area contributed by atoms with Gasteiger partial charge in [0.05, 0.1) is 12.2 Å². The maximum atomic E-state index is 12.6. The van der Waals surface area contributed by atoms with E-state index < -0.39 is 16.0 Å². The molecule has 3 rings (SSSR count). The molecule has 0 aliphatic carbocycles. The SMILES string of the molecule is O=C(O)c1c(S(=O)(=O)NC[C@H]2CCCOC2)sc2c1CCNC2. The standard InChI is InChI=1S/C14H20N2O5S2/c17-13(18)12-10-3-4-15-7-11(10)22-14(12)23(19,20)16-6-9-2-1-5-21-8-9/h9,15-16H,1-8H2,(H,17,18)/t9-/m1/s1. The molecule has 0 unspecified atom stereocenters. The topological polar surface area (TPSA) is 105 Å². The van der Waals surface area contributed by atoms with Crippen LogP contribution in [0.4, 0.5) is 0 Å². The Morgan fingerprint density at radius 2 is 2.30 bits per heavy atom. The van der Waals surface area contributed by atoms with E-state index in [9.17, 15) is 18.3 Å². The minimum atomic E-state index is -3.83. The summed E-state index contributed by atoms with van der Waals surface area (Å²) in [6.45, 7) is 2.72. The van der Waals surface area contributed by atoms with Crippen LogP contribution in [0.5, 0.6) is 0 Å².